The second-order valence-electron chi connectivity index (χ2n) is 6.02. The van der Waals surface area contributed by atoms with E-state index in [1.165, 1.54) is 0 Å². The smallest absolute Gasteiger partial charge is 0.315 e. The molecule has 1 saturated heterocycles. The number of hydrogen-bond acceptors (Lipinski definition) is 4. The number of amides is 2. The topological polar surface area (TPSA) is 113 Å². The summed E-state index contributed by atoms with van der Waals surface area (Å²) in [4.78, 5) is 22.9. The van der Waals surface area contributed by atoms with Gasteiger partial charge >= 0.3 is 12.0 Å². The molecule has 0 bridgehead atoms. The van der Waals surface area contributed by atoms with Crippen molar-refractivity contribution >= 4 is 21.8 Å². The molecule has 8 heteroatoms. The van der Waals surface area contributed by atoms with Crippen molar-refractivity contribution in [3.8, 4) is 0 Å². The number of carboxylic acid groups (broad SMARTS) is 1. The van der Waals surface area contributed by atoms with E-state index in [2.05, 4.69) is 10.6 Å². The summed E-state index contributed by atoms with van der Waals surface area (Å²) in [5, 5.41) is 13.8. The molecule has 1 aliphatic carbocycles. The summed E-state index contributed by atoms with van der Waals surface area (Å²) in [7, 11) is -3.08. The van der Waals surface area contributed by atoms with E-state index in [1.807, 2.05) is 0 Å². The molecule has 2 amide bonds. The highest BCUT2D eigenvalue weighted by atomic mass is 32.2. The molecule has 0 aromatic rings. The Kier molecular flexibility index (Phi) is 4.75. The summed E-state index contributed by atoms with van der Waals surface area (Å²) in [6, 6.07) is -0.472. The molecule has 2 aliphatic rings. The van der Waals surface area contributed by atoms with Gasteiger partial charge in [-0.05, 0) is 25.7 Å². The molecule has 7 nitrogen and oxygen atoms in total. The average molecular weight is 318 g/mol. The van der Waals surface area contributed by atoms with E-state index in [9.17, 15) is 18.0 Å². The summed E-state index contributed by atoms with van der Waals surface area (Å²) in [6.45, 7) is 0.0946. The van der Waals surface area contributed by atoms with Gasteiger partial charge in [-0.1, -0.05) is 12.8 Å². The number of hydrogen-bond donors (Lipinski definition) is 3. The van der Waals surface area contributed by atoms with Crippen LogP contribution in [0, 0.1) is 0 Å². The van der Waals surface area contributed by atoms with Crippen LogP contribution in [-0.2, 0) is 14.6 Å². The normalized spacial score (nSPS) is 26.4. The second-order valence-corrected chi connectivity index (χ2v) is 8.42. The van der Waals surface area contributed by atoms with Gasteiger partial charge < -0.3 is 15.7 Å². The largest absolute Gasteiger partial charge is 0.481 e. The molecule has 1 saturated carbocycles. The first kappa shape index (κ1) is 16.1. The minimum absolute atomic E-state index is 0.0946. The van der Waals surface area contributed by atoms with E-state index in [-0.39, 0.29) is 18.7 Å². The third-order valence-electron chi connectivity index (χ3n) is 4.38. The van der Waals surface area contributed by atoms with Crippen LogP contribution >= 0.6 is 0 Å². The van der Waals surface area contributed by atoms with Gasteiger partial charge in [0.05, 0.1) is 23.0 Å². The molecule has 1 atom stereocenters. The van der Waals surface area contributed by atoms with Crippen LogP contribution in [0.25, 0.3) is 0 Å². The van der Waals surface area contributed by atoms with Crippen LogP contribution in [0.3, 0.4) is 0 Å². The molecule has 0 aromatic heterocycles. The highest BCUT2D eigenvalue weighted by Gasteiger charge is 2.38. The van der Waals surface area contributed by atoms with Crippen LogP contribution in [-0.4, -0.2) is 48.6 Å². The Bertz CT molecular complexity index is 511. The first-order valence-electron chi connectivity index (χ1n) is 7.32. The first-order chi connectivity index (χ1) is 9.83. The van der Waals surface area contributed by atoms with E-state index < -0.39 is 32.6 Å². The summed E-state index contributed by atoms with van der Waals surface area (Å²) in [5.74, 6) is -0.750. The number of carbonyl (C=O) groups is 2. The molecular weight excluding hydrogens is 296 g/mol. The van der Waals surface area contributed by atoms with Crippen LogP contribution in [0.5, 0.6) is 0 Å². The van der Waals surface area contributed by atoms with Gasteiger partial charge in [0, 0.05) is 6.54 Å². The van der Waals surface area contributed by atoms with Gasteiger partial charge in [-0.25, -0.2) is 13.2 Å². The predicted molar refractivity (Wildman–Crippen MR) is 76.8 cm³/mol. The zero-order valence-electron chi connectivity index (χ0n) is 11.9. The van der Waals surface area contributed by atoms with Crippen molar-refractivity contribution in [2.24, 2.45) is 0 Å². The Balaban J connectivity index is 1.87. The Morgan fingerprint density at radius 1 is 1.19 bits per heavy atom. The van der Waals surface area contributed by atoms with Gasteiger partial charge in [-0.2, -0.15) is 0 Å². The molecule has 2 fully saturated rings. The minimum atomic E-state index is -3.08. The maximum Gasteiger partial charge on any atom is 0.315 e. The van der Waals surface area contributed by atoms with Gasteiger partial charge in [-0.15, -0.1) is 0 Å². The SMILES string of the molecule is O=C(O)CC1(NC(=O)NCC2CCCS2(=O)=O)CCCC1. The van der Waals surface area contributed by atoms with Crippen molar-refractivity contribution < 1.29 is 23.1 Å². The standard InChI is InChI=1S/C13H22N2O5S/c16-11(17)8-13(5-1-2-6-13)15-12(18)14-9-10-4-3-7-21(10,19)20/h10H,1-9H2,(H,16,17)(H2,14,15,18). The lowest BCUT2D eigenvalue weighted by Crippen LogP contribution is -2.52. The molecule has 1 unspecified atom stereocenters. The van der Waals surface area contributed by atoms with E-state index in [0.717, 1.165) is 12.8 Å². The third kappa shape index (κ3) is 4.09. The second kappa shape index (κ2) is 6.21. The molecule has 0 radical (unpaired) electrons. The fraction of sp³-hybridized carbons (Fsp3) is 0.846. The van der Waals surface area contributed by atoms with Crippen LogP contribution in [0.1, 0.15) is 44.9 Å². The van der Waals surface area contributed by atoms with Gasteiger partial charge in [0.15, 0.2) is 9.84 Å². The Morgan fingerprint density at radius 3 is 2.38 bits per heavy atom. The molecule has 120 valence electrons. The molecule has 21 heavy (non-hydrogen) atoms. The van der Waals surface area contributed by atoms with E-state index in [0.29, 0.717) is 25.7 Å². The maximum atomic E-state index is 11.9. The fourth-order valence-corrected chi connectivity index (χ4v) is 5.03. The predicted octanol–water partition coefficient (Wildman–Crippen LogP) is 0.650. The van der Waals surface area contributed by atoms with Gasteiger partial charge in [0.2, 0.25) is 0 Å². The molecule has 3 N–H and O–H groups in total. The van der Waals surface area contributed by atoms with Crippen LogP contribution in [0.2, 0.25) is 0 Å². The van der Waals surface area contributed by atoms with Crippen LogP contribution in [0.15, 0.2) is 0 Å². The van der Waals surface area contributed by atoms with Crippen LogP contribution in [0.4, 0.5) is 4.79 Å². The molecule has 0 spiro atoms. The minimum Gasteiger partial charge on any atom is -0.481 e. The van der Waals surface area contributed by atoms with Crippen molar-refractivity contribution in [1.82, 2.24) is 10.6 Å². The summed E-state index contributed by atoms with van der Waals surface area (Å²) in [5.41, 5.74) is -0.690. The Hall–Kier alpha value is -1.31. The third-order valence-corrected chi connectivity index (χ3v) is 6.66. The maximum absolute atomic E-state index is 11.9. The summed E-state index contributed by atoms with van der Waals surface area (Å²) < 4.78 is 23.4. The molecule has 1 heterocycles. The molecule has 0 aromatic carbocycles. The lowest BCUT2D eigenvalue weighted by Gasteiger charge is -2.29. The number of aliphatic carboxylic acids is 1. The van der Waals surface area contributed by atoms with Crippen molar-refractivity contribution in [3.63, 3.8) is 0 Å². The number of rotatable bonds is 5. The van der Waals surface area contributed by atoms with Gasteiger partial charge in [0.25, 0.3) is 0 Å². The van der Waals surface area contributed by atoms with Crippen molar-refractivity contribution in [3.05, 3.63) is 0 Å². The Morgan fingerprint density at radius 2 is 1.86 bits per heavy atom. The Labute approximate surface area is 124 Å². The number of carbonyl (C=O) groups excluding carboxylic acids is 1. The molecule has 1 aliphatic heterocycles. The van der Waals surface area contributed by atoms with Gasteiger partial charge in [-0.3, -0.25) is 4.79 Å². The quantitative estimate of drug-likeness (QED) is 0.689. The summed E-state index contributed by atoms with van der Waals surface area (Å²) in [6.07, 6.45) is 4.20. The number of nitrogens with one attached hydrogen (secondary N) is 2. The zero-order chi connectivity index (χ0) is 15.5. The number of urea groups is 1. The van der Waals surface area contributed by atoms with E-state index in [4.69, 9.17) is 5.11 Å². The first-order valence-corrected chi connectivity index (χ1v) is 9.04. The van der Waals surface area contributed by atoms with E-state index >= 15 is 0 Å². The van der Waals surface area contributed by atoms with Crippen molar-refractivity contribution in [2.45, 2.75) is 55.7 Å². The van der Waals surface area contributed by atoms with Crippen LogP contribution < -0.4 is 10.6 Å². The number of carboxylic acids is 1. The number of sulfone groups is 1. The monoisotopic (exact) mass is 318 g/mol. The zero-order valence-corrected chi connectivity index (χ0v) is 12.7. The van der Waals surface area contributed by atoms with E-state index in [1.54, 1.807) is 0 Å². The van der Waals surface area contributed by atoms with Crippen molar-refractivity contribution in [1.29, 1.82) is 0 Å². The lowest BCUT2D eigenvalue weighted by molar-refractivity contribution is -0.138. The molecular formula is C13H22N2O5S. The summed E-state index contributed by atoms with van der Waals surface area (Å²) >= 11 is 0. The fourth-order valence-electron chi connectivity index (χ4n) is 3.27. The highest BCUT2D eigenvalue weighted by molar-refractivity contribution is 7.92. The highest BCUT2D eigenvalue weighted by Crippen LogP contribution is 2.32. The van der Waals surface area contributed by atoms with Gasteiger partial charge in [0.1, 0.15) is 0 Å². The van der Waals surface area contributed by atoms with Crippen molar-refractivity contribution in [2.75, 3.05) is 12.3 Å². The molecule has 2 rings (SSSR count). The average Bonchev–Trinajstić information content (AvgIpc) is 2.92. The lowest BCUT2D eigenvalue weighted by atomic mass is 9.93.